The molecule has 0 aliphatic heterocycles. The predicted octanol–water partition coefficient (Wildman–Crippen LogP) is 4.73. The lowest BCUT2D eigenvalue weighted by molar-refractivity contribution is -0.107. The summed E-state index contributed by atoms with van der Waals surface area (Å²) in [5, 5.41) is 0. The SMILES string of the molecule is C/C=C/c1ccccc1.CCC.CCC=O. The second kappa shape index (κ2) is 16.1. The zero-order chi connectivity index (χ0) is 12.6. The summed E-state index contributed by atoms with van der Waals surface area (Å²) >= 11 is 0. The topological polar surface area (TPSA) is 17.1 Å². The summed E-state index contributed by atoms with van der Waals surface area (Å²) in [7, 11) is 0. The van der Waals surface area contributed by atoms with Crippen molar-refractivity contribution >= 4 is 12.4 Å². The third-order valence-electron chi connectivity index (χ3n) is 1.33. The smallest absolute Gasteiger partial charge is 0.119 e. The average molecular weight is 220 g/mol. The first kappa shape index (κ1) is 17.0. The van der Waals surface area contributed by atoms with E-state index < -0.39 is 0 Å². The number of hydrogen-bond acceptors (Lipinski definition) is 1. The van der Waals surface area contributed by atoms with Crippen LogP contribution in [0.2, 0.25) is 0 Å². The van der Waals surface area contributed by atoms with Crippen LogP contribution in [0, 0.1) is 0 Å². The van der Waals surface area contributed by atoms with E-state index in [2.05, 4.69) is 32.1 Å². The van der Waals surface area contributed by atoms with Crippen LogP contribution in [-0.2, 0) is 4.79 Å². The number of aldehydes is 1. The molecule has 1 nitrogen and oxygen atoms in total. The molecule has 1 rings (SSSR count). The molecule has 90 valence electrons. The Labute approximate surface area is 100 Å². The molecule has 16 heavy (non-hydrogen) atoms. The molecular weight excluding hydrogens is 196 g/mol. The van der Waals surface area contributed by atoms with E-state index >= 15 is 0 Å². The van der Waals surface area contributed by atoms with Gasteiger partial charge < -0.3 is 4.79 Å². The highest BCUT2D eigenvalue weighted by Gasteiger charge is 1.77. The third-order valence-corrected chi connectivity index (χ3v) is 1.33. The van der Waals surface area contributed by atoms with E-state index in [4.69, 9.17) is 0 Å². The highest BCUT2D eigenvalue weighted by molar-refractivity contribution is 5.48. The monoisotopic (exact) mass is 220 g/mol. The Morgan fingerprint density at radius 2 is 1.50 bits per heavy atom. The van der Waals surface area contributed by atoms with Gasteiger partial charge in [0.15, 0.2) is 0 Å². The van der Waals surface area contributed by atoms with Crippen molar-refractivity contribution in [3.8, 4) is 0 Å². The van der Waals surface area contributed by atoms with E-state index in [1.807, 2.05) is 38.1 Å². The van der Waals surface area contributed by atoms with Gasteiger partial charge >= 0.3 is 0 Å². The first-order chi connectivity index (χ1) is 7.76. The van der Waals surface area contributed by atoms with E-state index in [-0.39, 0.29) is 0 Å². The van der Waals surface area contributed by atoms with Crippen LogP contribution in [0.25, 0.3) is 6.08 Å². The molecule has 1 aromatic carbocycles. The lowest BCUT2D eigenvalue weighted by Gasteiger charge is -1.86. The van der Waals surface area contributed by atoms with Crippen LogP contribution in [-0.4, -0.2) is 6.29 Å². The van der Waals surface area contributed by atoms with Gasteiger partial charge in [0.05, 0.1) is 0 Å². The Kier molecular flexibility index (Phi) is 17.1. The molecule has 0 bridgehead atoms. The molecule has 0 amide bonds. The van der Waals surface area contributed by atoms with Gasteiger partial charge in [-0.3, -0.25) is 0 Å². The van der Waals surface area contributed by atoms with Crippen LogP contribution >= 0.6 is 0 Å². The zero-order valence-electron chi connectivity index (χ0n) is 10.9. The van der Waals surface area contributed by atoms with Gasteiger partial charge in [0.25, 0.3) is 0 Å². The minimum Gasteiger partial charge on any atom is -0.303 e. The van der Waals surface area contributed by atoms with Gasteiger partial charge in [-0.2, -0.15) is 0 Å². The molecule has 0 radical (unpaired) electrons. The van der Waals surface area contributed by atoms with Crippen LogP contribution in [0.15, 0.2) is 36.4 Å². The normalized spacial score (nSPS) is 8.50. The molecule has 0 fully saturated rings. The molecule has 0 heterocycles. The Balaban J connectivity index is 0. The molecule has 0 N–H and O–H groups in total. The van der Waals surface area contributed by atoms with Crippen LogP contribution in [0.3, 0.4) is 0 Å². The van der Waals surface area contributed by atoms with Gasteiger partial charge in [0.2, 0.25) is 0 Å². The lowest BCUT2D eigenvalue weighted by Crippen LogP contribution is -1.65. The molecule has 0 saturated heterocycles. The van der Waals surface area contributed by atoms with Gasteiger partial charge in [0.1, 0.15) is 6.29 Å². The standard InChI is InChI=1S/C9H10.C3H6O.C3H8/c1-2-6-9-7-4-3-5-8-9;1-2-3-4;1-3-2/h2-8H,1H3;3H,2H2,1H3;3H2,1-2H3/b6-2+;;. The number of carbonyl (C=O) groups excluding carboxylic acids is 1. The Hall–Kier alpha value is -1.37. The van der Waals surface area contributed by atoms with Gasteiger partial charge in [-0.05, 0) is 12.5 Å². The third kappa shape index (κ3) is 15.1. The van der Waals surface area contributed by atoms with Gasteiger partial charge in [-0.1, -0.05) is 69.7 Å². The van der Waals surface area contributed by atoms with Crippen LogP contribution in [0.4, 0.5) is 0 Å². The maximum Gasteiger partial charge on any atom is 0.119 e. The summed E-state index contributed by atoms with van der Waals surface area (Å²) in [4.78, 5) is 9.17. The quantitative estimate of drug-likeness (QED) is 0.658. The summed E-state index contributed by atoms with van der Waals surface area (Å²) in [5.41, 5.74) is 1.26. The minimum atomic E-state index is 0.639. The summed E-state index contributed by atoms with van der Waals surface area (Å²) in [6.45, 7) is 8.08. The number of allylic oxidation sites excluding steroid dienone is 1. The number of benzene rings is 1. The Morgan fingerprint density at radius 3 is 1.81 bits per heavy atom. The Bertz CT molecular complexity index is 249. The van der Waals surface area contributed by atoms with Gasteiger partial charge in [0, 0.05) is 6.42 Å². The van der Waals surface area contributed by atoms with Crippen molar-refractivity contribution < 1.29 is 4.79 Å². The van der Waals surface area contributed by atoms with E-state index in [1.54, 1.807) is 0 Å². The highest BCUT2D eigenvalue weighted by Crippen LogP contribution is 1.99. The van der Waals surface area contributed by atoms with E-state index in [0.717, 1.165) is 6.29 Å². The molecule has 1 heteroatoms. The number of carbonyl (C=O) groups is 1. The van der Waals surface area contributed by atoms with Crippen molar-refractivity contribution in [2.75, 3.05) is 0 Å². The fourth-order valence-electron chi connectivity index (χ4n) is 0.757. The van der Waals surface area contributed by atoms with E-state index in [0.29, 0.717) is 6.42 Å². The maximum atomic E-state index is 9.17. The number of hydrogen-bond donors (Lipinski definition) is 0. The highest BCUT2D eigenvalue weighted by atomic mass is 16.1. The zero-order valence-corrected chi connectivity index (χ0v) is 10.9. The second-order valence-corrected chi connectivity index (χ2v) is 3.19. The second-order valence-electron chi connectivity index (χ2n) is 3.19. The molecule has 0 saturated carbocycles. The van der Waals surface area contributed by atoms with E-state index in [9.17, 15) is 4.79 Å². The fourth-order valence-corrected chi connectivity index (χ4v) is 0.757. The van der Waals surface area contributed by atoms with Crippen LogP contribution in [0.1, 0.15) is 46.1 Å². The molecule has 0 aliphatic carbocycles. The van der Waals surface area contributed by atoms with Gasteiger partial charge in [-0.25, -0.2) is 0 Å². The number of rotatable bonds is 2. The molecular formula is C15H24O. The average Bonchev–Trinajstić information content (AvgIpc) is 2.32. The van der Waals surface area contributed by atoms with Gasteiger partial charge in [-0.15, -0.1) is 0 Å². The van der Waals surface area contributed by atoms with E-state index in [1.165, 1.54) is 12.0 Å². The first-order valence-electron chi connectivity index (χ1n) is 5.88. The van der Waals surface area contributed by atoms with Crippen LogP contribution < -0.4 is 0 Å². The molecule has 0 aliphatic rings. The molecule has 0 atom stereocenters. The first-order valence-corrected chi connectivity index (χ1v) is 5.88. The summed E-state index contributed by atoms with van der Waals surface area (Å²) in [6, 6.07) is 10.3. The summed E-state index contributed by atoms with van der Waals surface area (Å²) < 4.78 is 0. The molecule has 1 aromatic rings. The fraction of sp³-hybridized carbons (Fsp3) is 0.400. The van der Waals surface area contributed by atoms with Crippen molar-refractivity contribution in [2.24, 2.45) is 0 Å². The largest absolute Gasteiger partial charge is 0.303 e. The predicted molar refractivity (Wildman–Crippen MR) is 73.5 cm³/mol. The molecule has 0 unspecified atom stereocenters. The molecule has 0 spiro atoms. The van der Waals surface area contributed by atoms with Crippen molar-refractivity contribution in [3.63, 3.8) is 0 Å². The van der Waals surface area contributed by atoms with Crippen LogP contribution in [0.5, 0.6) is 0 Å². The molecule has 0 aromatic heterocycles. The van der Waals surface area contributed by atoms with Crippen molar-refractivity contribution in [1.82, 2.24) is 0 Å². The van der Waals surface area contributed by atoms with Crippen molar-refractivity contribution in [3.05, 3.63) is 42.0 Å². The summed E-state index contributed by atoms with van der Waals surface area (Å²) in [5.74, 6) is 0. The maximum absolute atomic E-state index is 9.17. The Morgan fingerprint density at radius 1 is 1.06 bits per heavy atom. The minimum absolute atomic E-state index is 0.639. The summed E-state index contributed by atoms with van der Waals surface area (Å²) in [6.07, 6.45) is 6.88. The lowest BCUT2D eigenvalue weighted by atomic mass is 10.2. The van der Waals surface area contributed by atoms with Crippen molar-refractivity contribution in [1.29, 1.82) is 0 Å². The van der Waals surface area contributed by atoms with Crippen molar-refractivity contribution in [2.45, 2.75) is 40.5 Å².